The predicted molar refractivity (Wildman–Crippen MR) is 88.2 cm³/mol. The zero-order valence-electron chi connectivity index (χ0n) is 13.4. The van der Waals surface area contributed by atoms with E-state index >= 15 is 0 Å². The number of nitrogen functional groups attached to an aromatic ring is 1. The van der Waals surface area contributed by atoms with Crippen molar-refractivity contribution in [2.45, 2.75) is 32.4 Å². The van der Waals surface area contributed by atoms with E-state index in [2.05, 4.69) is 24.6 Å². The van der Waals surface area contributed by atoms with Crippen LogP contribution in [0, 0.1) is 11.3 Å². The Hall–Kier alpha value is -2.11. The minimum Gasteiger partial charge on any atom is -0.369 e. The molecule has 0 amide bonds. The van der Waals surface area contributed by atoms with Gasteiger partial charge >= 0.3 is 0 Å². The Morgan fingerprint density at radius 2 is 2.14 bits per heavy atom. The van der Waals surface area contributed by atoms with Gasteiger partial charge in [0.1, 0.15) is 18.2 Å². The van der Waals surface area contributed by atoms with Gasteiger partial charge in [-0.3, -0.25) is 9.36 Å². The third-order valence-corrected chi connectivity index (χ3v) is 5.18. The molecule has 0 unspecified atom stereocenters. The summed E-state index contributed by atoms with van der Waals surface area (Å²) in [7, 11) is 0.383. The van der Waals surface area contributed by atoms with Crippen molar-refractivity contribution in [2.75, 3.05) is 12.3 Å². The Morgan fingerprint density at radius 1 is 1.45 bits per heavy atom. The summed E-state index contributed by atoms with van der Waals surface area (Å²) in [5, 5.41) is 9.49. The maximum Gasteiger partial charge on any atom is 0.265 e. The van der Waals surface area contributed by atoms with Crippen LogP contribution in [0.25, 0.3) is 11.0 Å². The molecule has 2 aromatic rings. The van der Waals surface area contributed by atoms with Gasteiger partial charge in [0.05, 0.1) is 5.56 Å². The number of nitrogens with zero attached hydrogens (tertiary/aromatic N) is 4. The fourth-order valence-corrected chi connectivity index (χ4v) is 2.81. The maximum absolute atomic E-state index is 12.2. The minimum absolute atomic E-state index is 0.114. The maximum atomic E-state index is 12.2. The Labute approximate surface area is 129 Å². The van der Waals surface area contributed by atoms with Crippen LogP contribution < -0.4 is 11.3 Å². The van der Waals surface area contributed by atoms with E-state index in [0.717, 1.165) is 6.04 Å². The highest BCUT2D eigenvalue weighted by Crippen LogP contribution is 2.17. The molecule has 0 bridgehead atoms. The molecule has 118 valence electrons. The number of hydrogen-bond acceptors (Lipinski definition) is 5. The number of ether oxygens (including phenoxy) is 1. The molecule has 0 fully saturated rings. The van der Waals surface area contributed by atoms with E-state index in [9.17, 15) is 10.1 Å². The van der Waals surface area contributed by atoms with Crippen molar-refractivity contribution in [1.82, 2.24) is 14.1 Å². The van der Waals surface area contributed by atoms with Gasteiger partial charge in [-0.1, -0.05) is 19.6 Å². The first-order valence-electron chi connectivity index (χ1n) is 7.08. The van der Waals surface area contributed by atoms with E-state index in [1.54, 1.807) is 10.8 Å². The van der Waals surface area contributed by atoms with E-state index in [1.165, 1.54) is 11.6 Å². The predicted octanol–water partition coefficient (Wildman–Crippen LogP) is 1.50. The molecule has 0 spiro atoms. The van der Waals surface area contributed by atoms with E-state index < -0.39 is 8.07 Å². The van der Waals surface area contributed by atoms with Crippen molar-refractivity contribution in [2.24, 2.45) is 7.05 Å². The molecule has 0 aromatic carbocycles. The SMILES string of the molecule is Cn1c(N)nc2c(c(C#N)cn2COCC[Si](C)(C)C)c1=O. The smallest absolute Gasteiger partial charge is 0.265 e. The van der Waals surface area contributed by atoms with Gasteiger partial charge in [0.25, 0.3) is 5.56 Å². The molecule has 0 radical (unpaired) electrons. The number of anilines is 1. The highest BCUT2D eigenvalue weighted by Gasteiger charge is 2.17. The van der Waals surface area contributed by atoms with E-state index in [1.807, 2.05) is 6.07 Å². The third-order valence-electron chi connectivity index (χ3n) is 3.48. The minimum atomic E-state index is -1.15. The van der Waals surface area contributed by atoms with Gasteiger partial charge in [-0.15, -0.1) is 0 Å². The van der Waals surface area contributed by atoms with Gasteiger partial charge in [0.15, 0.2) is 5.65 Å². The molecule has 0 aliphatic carbocycles. The molecule has 0 atom stereocenters. The van der Waals surface area contributed by atoms with E-state index in [0.29, 0.717) is 12.3 Å². The summed E-state index contributed by atoms with van der Waals surface area (Å²) >= 11 is 0. The lowest BCUT2D eigenvalue weighted by molar-refractivity contribution is 0.0898. The molecule has 2 N–H and O–H groups in total. The van der Waals surface area contributed by atoms with Gasteiger partial charge in [-0.05, 0) is 6.04 Å². The summed E-state index contributed by atoms with van der Waals surface area (Å²) in [6, 6.07) is 3.08. The zero-order valence-corrected chi connectivity index (χ0v) is 14.4. The standard InChI is InChI=1S/C14H21N5O2Si/c1-18-13(20)11-10(7-15)8-19(12(11)17-14(18)16)9-21-5-6-22(2,3)4/h8H,5-6,9H2,1-4H3,(H2,16,17). The molecular formula is C14H21N5O2Si. The third kappa shape index (κ3) is 3.21. The van der Waals surface area contributed by atoms with Crippen LogP contribution in [0.3, 0.4) is 0 Å². The normalized spacial score (nSPS) is 11.8. The fraction of sp³-hybridized carbons (Fsp3) is 0.500. The molecule has 7 nitrogen and oxygen atoms in total. The highest BCUT2D eigenvalue weighted by atomic mass is 28.3. The molecule has 0 aliphatic rings. The van der Waals surface area contributed by atoms with Crippen LogP contribution in [0.5, 0.6) is 0 Å². The quantitative estimate of drug-likeness (QED) is 0.665. The molecular weight excluding hydrogens is 298 g/mol. The van der Waals surface area contributed by atoms with E-state index in [4.69, 9.17) is 10.5 Å². The second-order valence-electron chi connectivity index (χ2n) is 6.51. The largest absolute Gasteiger partial charge is 0.369 e. The van der Waals surface area contributed by atoms with Crippen LogP contribution in [-0.2, 0) is 18.5 Å². The molecule has 0 saturated carbocycles. The van der Waals surface area contributed by atoms with Gasteiger partial charge < -0.3 is 15.0 Å². The second-order valence-corrected chi connectivity index (χ2v) is 12.1. The zero-order chi connectivity index (χ0) is 16.5. The van der Waals surface area contributed by atoms with Gasteiger partial charge in [0.2, 0.25) is 5.95 Å². The van der Waals surface area contributed by atoms with Crippen LogP contribution in [0.1, 0.15) is 5.56 Å². The summed E-state index contributed by atoms with van der Waals surface area (Å²) in [4.78, 5) is 16.5. The highest BCUT2D eigenvalue weighted by molar-refractivity contribution is 6.76. The van der Waals surface area contributed by atoms with Crippen LogP contribution in [0.2, 0.25) is 25.7 Å². The molecule has 0 saturated heterocycles. The summed E-state index contributed by atoms with van der Waals surface area (Å²) in [6.45, 7) is 7.74. The Balaban J connectivity index is 2.32. The Morgan fingerprint density at radius 3 is 2.73 bits per heavy atom. The molecule has 2 heterocycles. The number of fused-ring (bicyclic) bond motifs is 1. The average molecular weight is 319 g/mol. The summed E-state index contributed by atoms with van der Waals surface area (Å²) < 4.78 is 8.57. The molecule has 0 aliphatic heterocycles. The lowest BCUT2D eigenvalue weighted by Crippen LogP contribution is -2.23. The van der Waals surface area contributed by atoms with Crippen molar-refractivity contribution in [3.05, 3.63) is 22.1 Å². The van der Waals surface area contributed by atoms with Crippen LogP contribution >= 0.6 is 0 Å². The van der Waals surface area contributed by atoms with Crippen LogP contribution in [-0.4, -0.2) is 28.8 Å². The van der Waals surface area contributed by atoms with Crippen molar-refractivity contribution in [1.29, 1.82) is 5.26 Å². The lowest BCUT2D eigenvalue weighted by atomic mass is 10.2. The first-order chi connectivity index (χ1) is 10.2. The number of hydrogen-bond donors (Lipinski definition) is 1. The Bertz CT molecular complexity index is 795. The van der Waals surface area contributed by atoms with Crippen LogP contribution in [0.15, 0.2) is 11.0 Å². The topological polar surface area (TPSA) is 98.9 Å². The van der Waals surface area contributed by atoms with E-state index in [-0.39, 0.29) is 29.2 Å². The van der Waals surface area contributed by atoms with Crippen molar-refractivity contribution >= 4 is 25.1 Å². The van der Waals surface area contributed by atoms with Crippen molar-refractivity contribution in [3.63, 3.8) is 0 Å². The summed E-state index contributed by atoms with van der Waals surface area (Å²) in [5.41, 5.74) is 6.10. The van der Waals surface area contributed by atoms with Crippen LogP contribution in [0.4, 0.5) is 5.95 Å². The average Bonchev–Trinajstić information content (AvgIpc) is 2.78. The number of nitrogens with two attached hydrogens (primary N) is 1. The van der Waals surface area contributed by atoms with Gasteiger partial charge in [-0.2, -0.15) is 10.2 Å². The second kappa shape index (κ2) is 5.94. The number of nitriles is 1. The number of rotatable bonds is 5. The van der Waals surface area contributed by atoms with Crippen molar-refractivity contribution < 1.29 is 4.74 Å². The monoisotopic (exact) mass is 319 g/mol. The lowest BCUT2D eigenvalue weighted by Gasteiger charge is -2.15. The van der Waals surface area contributed by atoms with Gasteiger partial charge in [-0.25, -0.2) is 0 Å². The van der Waals surface area contributed by atoms with Crippen molar-refractivity contribution in [3.8, 4) is 6.07 Å². The molecule has 22 heavy (non-hydrogen) atoms. The molecule has 2 rings (SSSR count). The fourth-order valence-electron chi connectivity index (χ4n) is 2.06. The first-order valence-corrected chi connectivity index (χ1v) is 10.8. The Kier molecular flexibility index (Phi) is 4.39. The summed E-state index contributed by atoms with van der Waals surface area (Å²) in [6.07, 6.45) is 1.59. The summed E-state index contributed by atoms with van der Waals surface area (Å²) in [5.74, 6) is 0.114. The molecule has 8 heteroatoms. The molecule has 2 aromatic heterocycles. The first kappa shape index (κ1) is 16.3. The number of aromatic nitrogens is 3. The van der Waals surface area contributed by atoms with Gasteiger partial charge in [0, 0.05) is 27.9 Å².